The molecule has 0 aliphatic heterocycles. The largest absolute Gasteiger partial charge is 0.351 e. The molecule has 2 bridgehead atoms. The van der Waals surface area contributed by atoms with Crippen LogP contribution in [-0.4, -0.2) is 17.5 Å². The van der Waals surface area contributed by atoms with Gasteiger partial charge in [0.2, 0.25) is 5.91 Å². The molecule has 0 saturated heterocycles. The van der Waals surface area contributed by atoms with Crippen LogP contribution < -0.4 is 11.1 Å². The van der Waals surface area contributed by atoms with Crippen molar-refractivity contribution in [1.82, 2.24) is 5.32 Å². The molecule has 0 radical (unpaired) electrons. The second kappa shape index (κ2) is 10.1. The van der Waals surface area contributed by atoms with E-state index >= 15 is 0 Å². The summed E-state index contributed by atoms with van der Waals surface area (Å²) in [7, 11) is 0. The zero-order valence-electron chi connectivity index (χ0n) is 17.3. The summed E-state index contributed by atoms with van der Waals surface area (Å²) in [4.78, 5) is 12.1. The first kappa shape index (κ1) is 23.9. The Hall–Kier alpha value is -0.420. The molecule has 3 N–H and O–H groups in total. The average Bonchev–Trinajstić information content (AvgIpc) is 2.60. The molecule has 6 heteroatoms. The van der Waals surface area contributed by atoms with Crippen molar-refractivity contribution in [3.8, 4) is 0 Å². The molecule has 5 atom stereocenters. The number of nitrogens with one attached hydrogen (secondary N) is 1. The summed E-state index contributed by atoms with van der Waals surface area (Å²) in [6.45, 7) is 8.19. The molecule has 0 heterocycles. The molecule has 1 amide bonds. The summed E-state index contributed by atoms with van der Waals surface area (Å²) in [5.74, 6) is 3.63. The molecule has 2 fully saturated rings. The van der Waals surface area contributed by atoms with Crippen LogP contribution in [0, 0.1) is 23.7 Å². The Labute approximate surface area is 185 Å². The molecule has 2 aliphatic rings. The minimum atomic E-state index is -0.767. The van der Waals surface area contributed by atoms with Gasteiger partial charge in [-0.15, -0.1) is 0 Å². The van der Waals surface area contributed by atoms with Gasteiger partial charge in [0.25, 0.3) is 0 Å². The highest BCUT2D eigenvalue weighted by molar-refractivity contribution is 7.79. The van der Waals surface area contributed by atoms with E-state index in [1.54, 1.807) is 19.9 Å². The Kier molecular flexibility index (Phi) is 8.57. The molecule has 2 aliphatic carbocycles. The fourth-order valence-corrected chi connectivity index (χ4v) is 5.18. The van der Waals surface area contributed by atoms with E-state index in [-0.39, 0.29) is 5.91 Å². The van der Waals surface area contributed by atoms with Crippen molar-refractivity contribution in [1.29, 1.82) is 0 Å². The van der Waals surface area contributed by atoms with Crippen LogP contribution in [0.15, 0.2) is 18.2 Å². The maximum absolute atomic E-state index is 12.1. The molecular weight excluding hydrogens is 411 g/mol. The molecule has 28 heavy (non-hydrogen) atoms. The zero-order valence-corrected chi connectivity index (χ0v) is 19.7. The van der Waals surface area contributed by atoms with Crippen LogP contribution in [0.5, 0.6) is 0 Å². The van der Waals surface area contributed by atoms with Crippen LogP contribution >= 0.6 is 35.8 Å². The number of thiol groups is 1. The Morgan fingerprint density at radius 1 is 1.18 bits per heavy atom. The van der Waals surface area contributed by atoms with Gasteiger partial charge >= 0.3 is 0 Å². The van der Waals surface area contributed by atoms with Gasteiger partial charge in [0, 0.05) is 11.8 Å². The summed E-state index contributed by atoms with van der Waals surface area (Å²) >= 11 is 15.5. The number of carbonyl (C=O) groups is 1. The highest BCUT2D eigenvalue weighted by Gasteiger charge is 2.41. The van der Waals surface area contributed by atoms with Gasteiger partial charge in [0.15, 0.2) is 0 Å². The van der Waals surface area contributed by atoms with Crippen molar-refractivity contribution in [2.24, 2.45) is 29.4 Å². The van der Waals surface area contributed by atoms with Gasteiger partial charge in [-0.2, -0.15) is 12.6 Å². The van der Waals surface area contributed by atoms with Crippen molar-refractivity contribution in [3.63, 3.8) is 0 Å². The van der Waals surface area contributed by atoms with Gasteiger partial charge in [-0.25, -0.2) is 0 Å². The lowest BCUT2D eigenvalue weighted by atomic mass is 9.63. The van der Waals surface area contributed by atoms with E-state index in [1.165, 1.54) is 25.7 Å². The van der Waals surface area contributed by atoms with Gasteiger partial charge in [0.1, 0.15) is 0 Å². The van der Waals surface area contributed by atoms with Crippen LogP contribution in [0.2, 0.25) is 10.0 Å². The van der Waals surface area contributed by atoms with Crippen LogP contribution in [0.1, 0.15) is 58.9 Å². The molecule has 0 spiro atoms. The molecule has 3 rings (SSSR count). The van der Waals surface area contributed by atoms with Gasteiger partial charge in [0.05, 0.1) is 15.6 Å². The third-order valence-corrected chi connectivity index (χ3v) is 7.06. The van der Waals surface area contributed by atoms with Crippen LogP contribution in [0.25, 0.3) is 0 Å². The Balaban J connectivity index is 0.000000237. The lowest BCUT2D eigenvalue weighted by Gasteiger charge is -2.47. The first-order valence-corrected chi connectivity index (χ1v) is 11.5. The number of halogens is 2. The van der Waals surface area contributed by atoms with E-state index < -0.39 is 5.54 Å². The summed E-state index contributed by atoms with van der Waals surface area (Å²) in [6, 6.07) is 5.83. The molecule has 2 saturated carbocycles. The first-order chi connectivity index (χ1) is 13.0. The maximum atomic E-state index is 12.1. The molecule has 3 nitrogen and oxygen atoms in total. The summed E-state index contributed by atoms with van der Waals surface area (Å²) in [5.41, 5.74) is 6.20. The highest BCUT2D eigenvalue weighted by Crippen LogP contribution is 2.44. The minimum absolute atomic E-state index is 0.00368. The summed E-state index contributed by atoms with van der Waals surface area (Å²) in [5, 5.41) is 4.40. The van der Waals surface area contributed by atoms with Crippen molar-refractivity contribution in [2.45, 2.75) is 70.7 Å². The van der Waals surface area contributed by atoms with Crippen LogP contribution in [-0.2, 0) is 10.5 Å². The lowest BCUT2D eigenvalue weighted by molar-refractivity contribution is -0.127. The third kappa shape index (κ3) is 6.55. The van der Waals surface area contributed by atoms with Crippen LogP contribution in [0.3, 0.4) is 0 Å². The molecule has 1 aromatic carbocycles. The number of benzene rings is 1. The summed E-state index contributed by atoms with van der Waals surface area (Å²) in [6.07, 6.45) is 5.20. The minimum Gasteiger partial charge on any atom is -0.351 e. The van der Waals surface area contributed by atoms with E-state index in [0.717, 1.165) is 17.4 Å². The Morgan fingerprint density at radius 3 is 2.43 bits per heavy atom. The predicted octanol–water partition coefficient (Wildman–Crippen LogP) is 5.72. The number of hydrogen-bond donors (Lipinski definition) is 3. The number of nitrogens with two attached hydrogens (primary N) is 1. The third-order valence-electron chi connectivity index (χ3n) is 5.95. The molecule has 158 valence electrons. The van der Waals surface area contributed by atoms with E-state index in [9.17, 15) is 4.79 Å². The van der Waals surface area contributed by atoms with E-state index in [0.29, 0.717) is 33.7 Å². The maximum Gasteiger partial charge on any atom is 0.239 e. The van der Waals surface area contributed by atoms with E-state index in [2.05, 4.69) is 31.8 Å². The zero-order chi connectivity index (χ0) is 21.1. The quantitative estimate of drug-likeness (QED) is 0.521. The molecular formula is C22H34Cl2N2OS. The van der Waals surface area contributed by atoms with E-state index in [4.69, 9.17) is 28.9 Å². The Bertz CT molecular complexity index is 673. The van der Waals surface area contributed by atoms with Gasteiger partial charge < -0.3 is 11.1 Å². The SMILES string of the molecule is CC1CC2CC(C)C(NC(=O)C(C)(C)N)C(C1)C2.SCc1ccc(Cl)c(Cl)c1. The summed E-state index contributed by atoms with van der Waals surface area (Å²) < 4.78 is 0. The number of hydrogen-bond acceptors (Lipinski definition) is 3. The monoisotopic (exact) mass is 444 g/mol. The van der Waals surface area contributed by atoms with Gasteiger partial charge in [-0.3, -0.25) is 4.79 Å². The average molecular weight is 446 g/mol. The Morgan fingerprint density at radius 2 is 1.86 bits per heavy atom. The van der Waals surface area contributed by atoms with Gasteiger partial charge in [-0.1, -0.05) is 43.1 Å². The van der Waals surface area contributed by atoms with E-state index in [1.807, 2.05) is 12.1 Å². The smallest absolute Gasteiger partial charge is 0.239 e. The fraction of sp³-hybridized carbons (Fsp3) is 0.682. The molecule has 5 unspecified atom stereocenters. The number of rotatable bonds is 3. The highest BCUT2D eigenvalue weighted by atomic mass is 35.5. The fourth-order valence-electron chi connectivity index (χ4n) is 4.66. The number of amides is 1. The van der Waals surface area contributed by atoms with Crippen molar-refractivity contribution in [2.75, 3.05) is 0 Å². The second-order valence-corrected chi connectivity index (χ2v) is 10.4. The van der Waals surface area contributed by atoms with Crippen molar-refractivity contribution >= 4 is 41.7 Å². The first-order valence-electron chi connectivity index (χ1n) is 10.2. The van der Waals surface area contributed by atoms with Crippen molar-refractivity contribution < 1.29 is 4.79 Å². The standard InChI is InChI=1S/C15H28N2O.C7H6Cl2S/c1-9-5-11-7-10(2)13(12(6-9)8-11)17-14(18)15(3,4)16;8-6-2-1-5(4-10)3-7(6)9/h9-13H,5-8,16H2,1-4H3,(H,17,18);1-3,10H,4H2. The topological polar surface area (TPSA) is 55.1 Å². The van der Waals surface area contributed by atoms with Crippen molar-refractivity contribution in [3.05, 3.63) is 33.8 Å². The molecule has 1 aromatic rings. The number of fused-ring (bicyclic) bond motifs is 2. The van der Waals surface area contributed by atoms with Crippen LogP contribution in [0.4, 0.5) is 0 Å². The normalized spacial score (nSPS) is 29.5. The number of carbonyl (C=O) groups excluding carboxylic acids is 1. The lowest BCUT2D eigenvalue weighted by Crippen LogP contribution is -2.57. The van der Waals surface area contributed by atoms with Gasteiger partial charge in [-0.05, 0) is 80.9 Å². The molecule has 0 aromatic heterocycles. The second-order valence-electron chi connectivity index (χ2n) is 9.28. The predicted molar refractivity (Wildman–Crippen MR) is 123 cm³/mol.